The fraction of sp³-hybridized carbons (Fsp3) is 0.650. The molecular weight excluding hydrogens is 300 g/mol. The Hall–Kier alpha value is -1.39. The van der Waals surface area contributed by atoms with Gasteiger partial charge in [0.05, 0.1) is 12.5 Å². The Morgan fingerprint density at radius 3 is 2.88 bits per heavy atom. The standard InChI is InChI=1S/C20H30N2O2/c23-20(21-14-18-8-5-13-24-16-18)19-9-4-11-22(15-19)12-10-17-6-2-1-3-7-17/h1-3,6-7,18-19H,4-5,8-16H2,(H,21,23). The highest BCUT2D eigenvalue weighted by Gasteiger charge is 2.26. The predicted molar refractivity (Wildman–Crippen MR) is 95.9 cm³/mol. The second-order valence-electron chi connectivity index (χ2n) is 7.20. The molecule has 0 aromatic heterocycles. The van der Waals surface area contributed by atoms with E-state index in [2.05, 4.69) is 40.5 Å². The Bertz CT molecular complexity index is 500. The summed E-state index contributed by atoms with van der Waals surface area (Å²) in [6, 6.07) is 10.6. The summed E-state index contributed by atoms with van der Waals surface area (Å²) in [5.41, 5.74) is 1.38. The smallest absolute Gasteiger partial charge is 0.224 e. The predicted octanol–water partition coefficient (Wildman–Crippen LogP) is 2.48. The van der Waals surface area contributed by atoms with Crippen LogP contribution in [-0.2, 0) is 16.0 Å². The van der Waals surface area contributed by atoms with Gasteiger partial charge in [-0.05, 0) is 50.1 Å². The van der Waals surface area contributed by atoms with E-state index < -0.39 is 0 Å². The third-order valence-corrected chi connectivity index (χ3v) is 5.26. The van der Waals surface area contributed by atoms with Gasteiger partial charge in [-0.3, -0.25) is 4.79 Å². The lowest BCUT2D eigenvalue weighted by Gasteiger charge is -2.32. The van der Waals surface area contributed by atoms with Crippen LogP contribution in [0.15, 0.2) is 30.3 Å². The molecule has 2 unspecified atom stereocenters. The van der Waals surface area contributed by atoms with Crippen molar-refractivity contribution in [2.75, 3.05) is 39.4 Å². The zero-order chi connectivity index (χ0) is 16.6. The number of piperidine rings is 1. The summed E-state index contributed by atoms with van der Waals surface area (Å²) in [6.07, 6.45) is 5.51. The van der Waals surface area contributed by atoms with Gasteiger partial charge in [-0.2, -0.15) is 0 Å². The molecule has 0 aliphatic carbocycles. The van der Waals surface area contributed by atoms with Crippen LogP contribution in [0, 0.1) is 11.8 Å². The topological polar surface area (TPSA) is 41.6 Å². The number of nitrogens with zero attached hydrogens (tertiary/aromatic N) is 1. The number of carbonyl (C=O) groups excluding carboxylic acids is 1. The minimum atomic E-state index is 0.152. The number of hydrogen-bond donors (Lipinski definition) is 1. The summed E-state index contributed by atoms with van der Waals surface area (Å²) >= 11 is 0. The van der Waals surface area contributed by atoms with Crippen LogP contribution in [0.1, 0.15) is 31.2 Å². The summed E-state index contributed by atoms with van der Waals surface area (Å²) in [4.78, 5) is 14.9. The normalized spacial score (nSPS) is 25.3. The first-order chi connectivity index (χ1) is 11.8. The maximum Gasteiger partial charge on any atom is 0.224 e. The molecule has 0 bridgehead atoms. The fourth-order valence-electron chi connectivity index (χ4n) is 3.76. The van der Waals surface area contributed by atoms with Crippen LogP contribution in [0.4, 0.5) is 0 Å². The molecule has 2 atom stereocenters. The van der Waals surface area contributed by atoms with E-state index in [0.29, 0.717) is 5.92 Å². The second-order valence-corrected chi connectivity index (χ2v) is 7.20. The average Bonchev–Trinajstić information content (AvgIpc) is 2.66. The number of amides is 1. The molecule has 0 radical (unpaired) electrons. The SMILES string of the molecule is O=C(NCC1CCCOC1)C1CCCN(CCc2ccccc2)C1. The summed E-state index contributed by atoms with van der Waals surface area (Å²) in [5, 5.41) is 3.17. The molecule has 1 N–H and O–H groups in total. The van der Waals surface area contributed by atoms with Crippen molar-refractivity contribution in [2.24, 2.45) is 11.8 Å². The molecule has 0 spiro atoms. The molecular formula is C20H30N2O2. The van der Waals surface area contributed by atoms with E-state index >= 15 is 0 Å². The zero-order valence-electron chi connectivity index (χ0n) is 14.6. The summed E-state index contributed by atoms with van der Waals surface area (Å²) < 4.78 is 5.49. The Kier molecular flexibility index (Phi) is 6.67. The van der Waals surface area contributed by atoms with Crippen molar-refractivity contribution in [3.05, 3.63) is 35.9 Å². The third kappa shape index (κ3) is 5.32. The molecule has 2 saturated heterocycles. The largest absolute Gasteiger partial charge is 0.381 e. The average molecular weight is 330 g/mol. The van der Waals surface area contributed by atoms with Gasteiger partial charge in [0, 0.05) is 26.2 Å². The van der Waals surface area contributed by atoms with E-state index in [9.17, 15) is 4.79 Å². The van der Waals surface area contributed by atoms with Gasteiger partial charge >= 0.3 is 0 Å². The van der Waals surface area contributed by atoms with Crippen LogP contribution in [0.3, 0.4) is 0 Å². The van der Waals surface area contributed by atoms with Crippen molar-refractivity contribution < 1.29 is 9.53 Å². The van der Waals surface area contributed by atoms with Crippen LogP contribution in [0.25, 0.3) is 0 Å². The second kappa shape index (κ2) is 9.19. The van der Waals surface area contributed by atoms with Crippen molar-refractivity contribution >= 4 is 5.91 Å². The van der Waals surface area contributed by atoms with E-state index in [0.717, 1.165) is 65.1 Å². The first-order valence-electron chi connectivity index (χ1n) is 9.43. The first-order valence-corrected chi connectivity index (χ1v) is 9.43. The van der Waals surface area contributed by atoms with Crippen LogP contribution in [0.2, 0.25) is 0 Å². The molecule has 2 heterocycles. The summed E-state index contributed by atoms with van der Waals surface area (Å²) in [5.74, 6) is 0.893. The van der Waals surface area contributed by atoms with Gasteiger partial charge in [0.1, 0.15) is 0 Å². The van der Waals surface area contributed by atoms with Gasteiger partial charge in [0.15, 0.2) is 0 Å². The highest BCUT2D eigenvalue weighted by molar-refractivity contribution is 5.78. The molecule has 1 amide bonds. The molecule has 2 aliphatic rings. The molecule has 0 saturated carbocycles. The molecule has 3 rings (SSSR count). The number of likely N-dealkylation sites (tertiary alicyclic amines) is 1. The Morgan fingerprint density at radius 1 is 1.21 bits per heavy atom. The first kappa shape index (κ1) is 17.4. The maximum atomic E-state index is 12.5. The van der Waals surface area contributed by atoms with Crippen molar-refractivity contribution in [1.29, 1.82) is 0 Å². The van der Waals surface area contributed by atoms with E-state index in [-0.39, 0.29) is 11.8 Å². The van der Waals surface area contributed by atoms with E-state index in [1.54, 1.807) is 0 Å². The Morgan fingerprint density at radius 2 is 2.08 bits per heavy atom. The molecule has 4 nitrogen and oxygen atoms in total. The van der Waals surface area contributed by atoms with Gasteiger partial charge in [0.2, 0.25) is 5.91 Å². The van der Waals surface area contributed by atoms with Gasteiger partial charge in [-0.1, -0.05) is 30.3 Å². The minimum absolute atomic E-state index is 0.152. The van der Waals surface area contributed by atoms with Gasteiger partial charge in [-0.15, -0.1) is 0 Å². The molecule has 1 aromatic carbocycles. The highest BCUT2D eigenvalue weighted by atomic mass is 16.5. The van der Waals surface area contributed by atoms with Crippen LogP contribution in [0.5, 0.6) is 0 Å². The van der Waals surface area contributed by atoms with Gasteiger partial charge in [0.25, 0.3) is 0 Å². The van der Waals surface area contributed by atoms with Crippen molar-refractivity contribution in [1.82, 2.24) is 10.2 Å². The third-order valence-electron chi connectivity index (χ3n) is 5.26. The summed E-state index contributed by atoms with van der Waals surface area (Å²) in [7, 11) is 0. The lowest BCUT2D eigenvalue weighted by Crippen LogP contribution is -2.45. The molecule has 2 fully saturated rings. The Labute approximate surface area is 145 Å². The lowest BCUT2D eigenvalue weighted by atomic mass is 9.96. The monoisotopic (exact) mass is 330 g/mol. The molecule has 1 aromatic rings. The number of benzene rings is 1. The number of nitrogens with one attached hydrogen (secondary N) is 1. The molecule has 2 aliphatic heterocycles. The van der Waals surface area contributed by atoms with Crippen LogP contribution < -0.4 is 5.32 Å². The fourth-order valence-corrected chi connectivity index (χ4v) is 3.76. The van der Waals surface area contributed by atoms with E-state index in [1.807, 2.05) is 0 Å². The van der Waals surface area contributed by atoms with Crippen LogP contribution >= 0.6 is 0 Å². The van der Waals surface area contributed by atoms with Gasteiger partial charge < -0.3 is 15.0 Å². The Balaban J connectivity index is 1.40. The quantitative estimate of drug-likeness (QED) is 0.871. The van der Waals surface area contributed by atoms with Crippen molar-refractivity contribution in [2.45, 2.75) is 32.1 Å². The van der Waals surface area contributed by atoms with Crippen molar-refractivity contribution in [3.8, 4) is 0 Å². The van der Waals surface area contributed by atoms with E-state index in [1.165, 1.54) is 12.0 Å². The number of ether oxygens (including phenoxy) is 1. The van der Waals surface area contributed by atoms with Gasteiger partial charge in [-0.25, -0.2) is 0 Å². The molecule has 24 heavy (non-hydrogen) atoms. The molecule has 4 heteroatoms. The minimum Gasteiger partial charge on any atom is -0.381 e. The number of rotatable bonds is 6. The van der Waals surface area contributed by atoms with Crippen LogP contribution in [-0.4, -0.2) is 50.2 Å². The summed E-state index contributed by atoms with van der Waals surface area (Å²) in [6.45, 7) is 5.52. The number of hydrogen-bond acceptors (Lipinski definition) is 3. The zero-order valence-corrected chi connectivity index (χ0v) is 14.6. The number of carbonyl (C=O) groups is 1. The lowest BCUT2D eigenvalue weighted by molar-refractivity contribution is -0.127. The molecule has 132 valence electrons. The van der Waals surface area contributed by atoms with Crippen molar-refractivity contribution in [3.63, 3.8) is 0 Å². The van der Waals surface area contributed by atoms with E-state index in [4.69, 9.17) is 4.74 Å². The maximum absolute atomic E-state index is 12.5. The highest BCUT2D eigenvalue weighted by Crippen LogP contribution is 2.18.